The van der Waals surface area contributed by atoms with Crippen molar-refractivity contribution in [2.75, 3.05) is 29.0 Å². The van der Waals surface area contributed by atoms with Crippen molar-refractivity contribution in [2.45, 2.75) is 19.3 Å². The average Bonchev–Trinajstić information content (AvgIpc) is 2.55. The number of nitrogens with one attached hydrogen (secondary N) is 1. The minimum Gasteiger partial charge on any atom is -0.397 e. The van der Waals surface area contributed by atoms with E-state index in [2.05, 4.69) is 10.2 Å². The number of halogens is 2. The van der Waals surface area contributed by atoms with Gasteiger partial charge in [-0.2, -0.15) is 0 Å². The molecular formula is C18H19Cl2N3O. The number of rotatable bonds is 3. The Hall–Kier alpha value is -1.91. The van der Waals surface area contributed by atoms with Crippen LogP contribution in [-0.4, -0.2) is 19.0 Å². The number of anilines is 3. The number of hydrogen-bond donors (Lipinski definition) is 2. The van der Waals surface area contributed by atoms with Gasteiger partial charge in [0.1, 0.15) is 0 Å². The van der Waals surface area contributed by atoms with E-state index < -0.39 is 0 Å². The molecular weight excluding hydrogens is 345 g/mol. The maximum absolute atomic E-state index is 12.4. The van der Waals surface area contributed by atoms with Crippen LogP contribution in [0.2, 0.25) is 10.0 Å². The summed E-state index contributed by atoms with van der Waals surface area (Å²) in [6.45, 7) is 2.05. The highest BCUT2D eigenvalue weighted by Crippen LogP contribution is 2.29. The van der Waals surface area contributed by atoms with Crippen LogP contribution in [0.25, 0.3) is 0 Å². The van der Waals surface area contributed by atoms with Crippen LogP contribution in [0.3, 0.4) is 0 Å². The molecule has 0 saturated carbocycles. The number of carbonyl (C=O) groups excluding carboxylic acids is 1. The van der Waals surface area contributed by atoms with Crippen LogP contribution >= 0.6 is 23.2 Å². The van der Waals surface area contributed by atoms with Crippen LogP contribution < -0.4 is 16.0 Å². The van der Waals surface area contributed by atoms with Gasteiger partial charge in [-0.3, -0.25) is 4.79 Å². The van der Waals surface area contributed by atoms with Gasteiger partial charge in [0.2, 0.25) is 0 Å². The zero-order valence-electron chi connectivity index (χ0n) is 13.2. The summed E-state index contributed by atoms with van der Waals surface area (Å²) in [4.78, 5) is 14.6. The van der Waals surface area contributed by atoms with Crippen LogP contribution in [0.1, 0.15) is 29.6 Å². The zero-order chi connectivity index (χ0) is 17.1. The van der Waals surface area contributed by atoms with E-state index in [9.17, 15) is 4.79 Å². The first kappa shape index (κ1) is 16.9. The third-order valence-corrected chi connectivity index (χ3v) is 4.71. The normalized spacial score (nSPS) is 14.5. The lowest BCUT2D eigenvalue weighted by Gasteiger charge is -2.30. The SMILES string of the molecule is Nc1cc(NC(=O)c2ccc(Cl)cc2Cl)ccc1N1CCCCC1. The topological polar surface area (TPSA) is 58.4 Å². The van der Waals surface area contributed by atoms with Crippen LogP contribution in [0.15, 0.2) is 36.4 Å². The fraction of sp³-hybridized carbons (Fsp3) is 0.278. The quantitative estimate of drug-likeness (QED) is 0.768. The summed E-state index contributed by atoms with van der Waals surface area (Å²) >= 11 is 11.9. The maximum atomic E-state index is 12.4. The summed E-state index contributed by atoms with van der Waals surface area (Å²) in [5.74, 6) is -0.290. The van der Waals surface area contributed by atoms with Crippen LogP contribution in [0.5, 0.6) is 0 Å². The second-order valence-corrected chi connectivity index (χ2v) is 6.74. The smallest absolute Gasteiger partial charge is 0.257 e. The van der Waals surface area contributed by atoms with Gasteiger partial charge in [0.25, 0.3) is 5.91 Å². The largest absolute Gasteiger partial charge is 0.397 e. The van der Waals surface area contributed by atoms with Gasteiger partial charge in [0.05, 0.1) is 22.0 Å². The van der Waals surface area contributed by atoms with Crippen LogP contribution in [0, 0.1) is 0 Å². The van der Waals surface area contributed by atoms with Crippen LogP contribution in [-0.2, 0) is 0 Å². The molecule has 1 fully saturated rings. The standard InChI is InChI=1S/C18H19Cl2N3O/c19-12-4-6-14(15(20)10-12)18(24)22-13-5-7-17(16(21)11-13)23-8-2-1-3-9-23/h4-7,10-11H,1-3,8-9,21H2,(H,22,24). The molecule has 0 atom stereocenters. The molecule has 1 aliphatic rings. The Balaban J connectivity index is 1.75. The van der Waals surface area contributed by atoms with E-state index in [0.717, 1.165) is 18.8 Å². The van der Waals surface area contributed by atoms with Crippen molar-refractivity contribution < 1.29 is 4.79 Å². The summed E-state index contributed by atoms with van der Waals surface area (Å²) in [7, 11) is 0. The van der Waals surface area contributed by atoms with E-state index >= 15 is 0 Å². The Kier molecular flexibility index (Phi) is 5.17. The fourth-order valence-electron chi connectivity index (χ4n) is 2.93. The van der Waals surface area contributed by atoms with Gasteiger partial charge in [-0.1, -0.05) is 23.2 Å². The molecule has 2 aromatic carbocycles. The lowest BCUT2D eigenvalue weighted by molar-refractivity contribution is 0.102. The van der Waals surface area contributed by atoms with Gasteiger partial charge < -0.3 is 16.0 Å². The van der Waals surface area contributed by atoms with Crippen molar-refractivity contribution in [2.24, 2.45) is 0 Å². The molecule has 0 aromatic heterocycles. The number of nitrogen functional groups attached to an aromatic ring is 1. The van der Waals surface area contributed by atoms with Crippen molar-refractivity contribution in [1.82, 2.24) is 0 Å². The van der Waals surface area contributed by atoms with Gasteiger partial charge >= 0.3 is 0 Å². The van der Waals surface area contributed by atoms with Gasteiger partial charge in [0, 0.05) is 23.8 Å². The predicted octanol–water partition coefficient (Wildman–Crippen LogP) is 4.82. The third-order valence-electron chi connectivity index (χ3n) is 4.16. The van der Waals surface area contributed by atoms with Gasteiger partial charge in [-0.25, -0.2) is 0 Å². The number of nitrogens with two attached hydrogens (primary N) is 1. The van der Waals surface area contributed by atoms with E-state index in [4.69, 9.17) is 28.9 Å². The molecule has 1 aliphatic heterocycles. The van der Waals surface area contributed by atoms with Crippen molar-refractivity contribution in [3.05, 3.63) is 52.0 Å². The number of amides is 1. The van der Waals surface area contributed by atoms with Gasteiger partial charge in [-0.05, 0) is 55.7 Å². The fourth-order valence-corrected chi connectivity index (χ4v) is 3.42. The Morgan fingerprint density at radius 2 is 1.79 bits per heavy atom. The second-order valence-electron chi connectivity index (χ2n) is 5.90. The van der Waals surface area contributed by atoms with E-state index in [1.807, 2.05) is 12.1 Å². The molecule has 4 nitrogen and oxygen atoms in total. The maximum Gasteiger partial charge on any atom is 0.257 e. The molecule has 0 bridgehead atoms. The second kappa shape index (κ2) is 7.32. The molecule has 2 aromatic rings. The summed E-state index contributed by atoms with van der Waals surface area (Å²) in [6, 6.07) is 10.4. The lowest BCUT2D eigenvalue weighted by Crippen LogP contribution is -2.30. The molecule has 1 heterocycles. The van der Waals surface area contributed by atoms with Gasteiger partial charge in [-0.15, -0.1) is 0 Å². The van der Waals surface area contributed by atoms with E-state index in [1.165, 1.54) is 19.3 Å². The highest BCUT2D eigenvalue weighted by atomic mass is 35.5. The molecule has 126 valence electrons. The molecule has 0 spiro atoms. The molecule has 3 rings (SSSR count). The molecule has 1 amide bonds. The third kappa shape index (κ3) is 3.77. The molecule has 0 aliphatic carbocycles. The molecule has 24 heavy (non-hydrogen) atoms. The number of piperidine rings is 1. The molecule has 0 unspecified atom stereocenters. The molecule has 3 N–H and O–H groups in total. The predicted molar refractivity (Wildman–Crippen MR) is 101 cm³/mol. The number of nitrogens with zero attached hydrogens (tertiary/aromatic N) is 1. The van der Waals surface area contributed by atoms with Crippen molar-refractivity contribution >= 4 is 46.2 Å². The first-order chi connectivity index (χ1) is 11.5. The number of benzene rings is 2. The summed E-state index contributed by atoms with van der Waals surface area (Å²) in [5, 5.41) is 3.63. The van der Waals surface area contributed by atoms with Crippen molar-refractivity contribution in [3.63, 3.8) is 0 Å². The van der Waals surface area contributed by atoms with Crippen LogP contribution in [0.4, 0.5) is 17.1 Å². The minimum atomic E-state index is -0.290. The minimum absolute atomic E-state index is 0.290. The van der Waals surface area contributed by atoms with Crippen molar-refractivity contribution in [3.8, 4) is 0 Å². The highest BCUT2D eigenvalue weighted by molar-refractivity contribution is 6.37. The molecule has 6 heteroatoms. The highest BCUT2D eigenvalue weighted by Gasteiger charge is 2.15. The molecule has 1 saturated heterocycles. The Morgan fingerprint density at radius 1 is 1.04 bits per heavy atom. The van der Waals surface area contributed by atoms with E-state index in [0.29, 0.717) is 27.0 Å². The first-order valence-corrected chi connectivity index (χ1v) is 8.71. The van der Waals surface area contributed by atoms with E-state index in [1.54, 1.807) is 24.3 Å². The van der Waals surface area contributed by atoms with E-state index in [-0.39, 0.29) is 5.91 Å². The monoisotopic (exact) mass is 363 g/mol. The zero-order valence-corrected chi connectivity index (χ0v) is 14.7. The first-order valence-electron chi connectivity index (χ1n) is 7.95. The average molecular weight is 364 g/mol. The Labute approximate surface area is 151 Å². The molecule has 0 radical (unpaired) electrons. The summed E-state index contributed by atoms with van der Waals surface area (Å²) < 4.78 is 0. The number of carbonyl (C=O) groups is 1. The lowest BCUT2D eigenvalue weighted by atomic mass is 10.1. The van der Waals surface area contributed by atoms with Gasteiger partial charge in [0.15, 0.2) is 0 Å². The summed E-state index contributed by atoms with van der Waals surface area (Å²) in [5.41, 5.74) is 8.89. The number of hydrogen-bond acceptors (Lipinski definition) is 3. The Bertz CT molecular complexity index is 758. The summed E-state index contributed by atoms with van der Waals surface area (Å²) in [6.07, 6.45) is 3.65. The Morgan fingerprint density at radius 3 is 2.46 bits per heavy atom. The van der Waals surface area contributed by atoms with Crippen molar-refractivity contribution in [1.29, 1.82) is 0 Å².